The van der Waals surface area contributed by atoms with Crippen molar-refractivity contribution < 1.29 is 19.8 Å². The molecule has 114 valence electrons. The third kappa shape index (κ3) is 3.08. The smallest absolute Gasteiger partial charge is 0.336 e. The van der Waals surface area contributed by atoms with Crippen molar-refractivity contribution in [1.82, 2.24) is 0 Å². The van der Waals surface area contributed by atoms with Crippen molar-refractivity contribution in [3.8, 4) is 11.1 Å². The number of carbonyl (C=O) groups is 2. The standard InChI is InChI=1S/C16H12Br2O4/c1-7-3-9(11(15(19)20)5-13(7)17)10-4-8(2)14(18)6-12(10)16(21)22/h3-6H,1-2H3,(H,19,20)(H,21,22). The Bertz CT molecular complexity index is 730. The van der Waals surface area contributed by atoms with Crippen LogP contribution in [0.25, 0.3) is 11.1 Å². The Morgan fingerprint density at radius 1 is 0.773 bits per heavy atom. The molecule has 0 aromatic heterocycles. The normalized spacial score (nSPS) is 10.5. The van der Waals surface area contributed by atoms with Crippen LogP contribution in [0.4, 0.5) is 0 Å². The average Bonchev–Trinajstić information content (AvgIpc) is 2.43. The van der Waals surface area contributed by atoms with Gasteiger partial charge in [0.2, 0.25) is 0 Å². The molecule has 0 aliphatic carbocycles. The van der Waals surface area contributed by atoms with E-state index in [1.807, 2.05) is 13.8 Å². The quantitative estimate of drug-likeness (QED) is 0.730. The number of benzene rings is 2. The van der Waals surface area contributed by atoms with E-state index in [-0.39, 0.29) is 11.1 Å². The lowest BCUT2D eigenvalue weighted by Gasteiger charge is -2.14. The number of carboxylic acids is 2. The highest BCUT2D eigenvalue weighted by molar-refractivity contribution is 9.10. The van der Waals surface area contributed by atoms with E-state index in [4.69, 9.17) is 0 Å². The van der Waals surface area contributed by atoms with Gasteiger partial charge in [0.25, 0.3) is 0 Å². The van der Waals surface area contributed by atoms with E-state index in [0.717, 1.165) is 11.1 Å². The van der Waals surface area contributed by atoms with E-state index in [1.54, 1.807) is 12.1 Å². The molecule has 0 aliphatic rings. The highest BCUT2D eigenvalue weighted by Crippen LogP contribution is 2.34. The number of hydrogen-bond donors (Lipinski definition) is 2. The van der Waals surface area contributed by atoms with Gasteiger partial charge in [-0.15, -0.1) is 0 Å². The second-order valence-electron chi connectivity index (χ2n) is 4.90. The predicted molar refractivity (Wildman–Crippen MR) is 90.7 cm³/mol. The Hall–Kier alpha value is -1.66. The van der Waals surface area contributed by atoms with Crippen LogP contribution >= 0.6 is 31.9 Å². The summed E-state index contributed by atoms with van der Waals surface area (Å²) in [7, 11) is 0. The SMILES string of the molecule is Cc1cc(-c2cc(C)c(Br)cc2C(=O)O)c(C(=O)O)cc1Br. The second-order valence-corrected chi connectivity index (χ2v) is 6.61. The summed E-state index contributed by atoms with van der Waals surface area (Å²) in [4.78, 5) is 23.0. The van der Waals surface area contributed by atoms with Gasteiger partial charge in [-0.05, 0) is 60.4 Å². The number of hydrogen-bond acceptors (Lipinski definition) is 2. The van der Waals surface area contributed by atoms with Crippen LogP contribution in [0.2, 0.25) is 0 Å². The lowest BCUT2D eigenvalue weighted by Crippen LogP contribution is -2.06. The van der Waals surface area contributed by atoms with Crippen molar-refractivity contribution in [2.24, 2.45) is 0 Å². The zero-order chi connectivity index (χ0) is 16.6. The van der Waals surface area contributed by atoms with Gasteiger partial charge >= 0.3 is 11.9 Å². The number of aromatic carboxylic acids is 2. The van der Waals surface area contributed by atoms with Gasteiger partial charge in [-0.1, -0.05) is 31.9 Å². The van der Waals surface area contributed by atoms with Gasteiger partial charge < -0.3 is 10.2 Å². The molecular formula is C16H12Br2O4. The van der Waals surface area contributed by atoms with Gasteiger partial charge in [0.05, 0.1) is 11.1 Å². The van der Waals surface area contributed by atoms with E-state index >= 15 is 0 Å². The maximum Gasteiger partial charge on any atom is 0.336 e. The summed E-state index contributed by atoms with van der Waals surface area (Å²) < 4.78 is 1.33. The van der Waals surface area contributed by atoms with Crippen molar-refractivity contribution in [1.29, 1.82) is 0 Å². The molecule has 0 spiro atoms. The molecule has 0 radical (unpaired) electrons. The van der Waals surface area contributed by atoms with Gasteiger partial charge in [0.15, 0.2) is 0 Å². The second kappa shape index (κ2) is 6.22. The average molecular weight is 428 g/mol. The zero-order valence-corrected chi connectivity index (χ0v) is 14.9. The molecule has 2 N–H and O–H groups in total. The highest BCUT2D eigenvalue weighted by atomic mass is 79.9. The predicted octanol–water partition coefficient (Wildman–Crippen LogP) is 4.89. The molecule has 0 unspecified atom stereocenters. The summed E-state index contributed by atoms with van der Waals surface area (Å²) in [6.07, 6.45) is 0. The molecule has 22 heavy (non-hydrogen) atoms. The van der Waals surface area contributed by atoms with Crippen LogP contribution < -0.4 is 0 Å². The summed E-state index contributed by atoms with van der Waals surface area (Å²) in [5.41, 5.74) is 2.56. The number of rotatable bonds is 3. The van der Waals surface area contributed by atoms with Crippen LogP contribution in [-0.2, 0) is 0 Å². The third-order valence-electron chi connectivity index (χ3n) is 3.35. The van der Waals surface area contributed by atoms with Gasteiger partial charge in [0.1, 0.15) is 0 Å². The molecule has 4 nitrogen and oxygen atoms in total. The van der Waals surface area contributed by atoms with Gasteiger partial charge in [-0.3, -0.25) is 0 Å². The van der Waals surface area contributed by atoms with Gasteiger partial charge in [0, 0.05) is 8.95 Å². The fraction of sp³-hybridized carbons (Fsp3) is 0.125. The molecule has 0 aliphatic heterocycles. The zero-order valence-electron chi connectivity index (χ0n) is 11.8. The fourth-order valence-corrected chi connectivity index (χ4v) is 2.85. The first-order chi connectivity index (χ1) is 10.2. The van der Waals surface area contributed by atoms with E-state index < -0.39 is 11.9 Å². The van der Waals surface area contributed by atoms with Crippen LogP contribution in [-0.4, -0.2) is 22.2 Å². The van der Waals surface area contributed by atoms with Crippen molar-refractivity contribution in [2.75, 3.05) is 0 Å². The number of halogens is 2. The van der Waals surface area contributed by atoms with Crippen molar-refractivity contribution in [2.45, 2.75) is 13.8 Å². The minimum absolute atomic E-state index is 0.0571. The molecule has 6 heteroatoms. The van der Waals surface area contributed by atoms with Crippen LogP contribution in [0.1, 0.15) is 31.8 Å². The van der Waals surface area contributed by atoms with E-state index in [0.29, 0.717) is 20.1 Å². The Labute approximate surface area is 144 Å². The van der Waals surface area contributed by atoms with Crippen molar-refractivity contribution in [3.05, 3.63) is 55.5 Å². The monoisotopic (exact) mass is 426 g/mol. The first-order valence-electron chi connectivity index (χ1n) is 6.29. The summed E-state index contributed by atoms with van der Waals surface area (Å²) in [5.74, 6) is -2.21. The van der Waals surface area contributed by atoms with Crippen LogP contribution in [0.15, 0.2) is 33.2 Å². The molecule has 0 fully saturated rings. The molecule has 0 bridgehead atoms. The van der Waals surface area contributed by atoms with Gasteiger partial charge in [-0.25, -0.2) is 9.59 Å². The minimum Gasteiger partial charge on any atom is -0.478 e. The molecule has 2 rings (SSSR count). The van der Waals surface area contributed by atoms with Crippen LogP contribution in [0.5, 0.6) is 0 Å². The molecule has 2 aromatic carbocycles. The maximum absolute atomic E-state index is 11.5. The molecule has 0 saturated heterocycles. The number of carboxylic acid groups (broad SMARTS) is 2. The Balaban J connectivity index is 2.87. The first kappa shape index (κ1) is 16.7. The molecule has 0 atom stereocenters. The molecule has 0 amide bonds. The Morgan fingerprint density at radius 3 is 1.36 bits per heavy atom. The molecule has 0 heterocycles. The first-order valence-corrected chi connectivity index (χ1v) is 7.88. The molecule has 0 saturated carbocycles. The Morgan fingerprint density at radius 2 is 1.09 bits per heavy atom. The maximum atomic E-state index is 11.5. The van der Waals surface area contributed by atoms with E-state index in [2.05, 4.69) is 31.9 Å². The largest absolute Gasteiger partial charge is 0.478 e. The van der Waals surface area contributed by atoms with E-state index in [1.165, 1.54) is 12.1 Å². The fourth-order valence-electron chi connectivity index (χ4n) is 2.16. The van der Waals surface area contributed by atoms with Gasteiger partial charge in [-0.2, -0.15) is 0 Å². The summed E-state index contributed by atoms with van der Waals surface area (Å²) in [6, 6.07) is 6.36. The van der Waals surface area contributed by atoms with Crippen molar-refractivity contribution in [3.63, 3.8) is 0 Å². The molecular weight excluding hydrogens is 416 g/mol. The molecule has 2 aromatic rings. The Kier molecular flexibility index (Phi) is 4.72. The highest BCUT2D eigenvalue weighted by Gasteiger charge is 2.20. The van der Waals surface area contributed by atoms with Crippen LogP contribution in [0.3, 0.4) is 0 Å². The number of aryl methyl sites for hydroxylation is 2. The lowest BCUT2D eigenvalue weighted by atomic mass is 9.92. The summed E-state index contributed by atoms with van der Waals surface area (Å²) in [5, 5.41) is 18.8. The topological polar surface area (TPSA) is 74.6 Å². The minimum atomic E-state index is -1.10. The summed E-state index contributed by atoms with van der Waals surface area (Å²) in [6.45, 7) is 3.65. The third-order valence-corrected chi connectivity index (χ3v) is 5.06. The van der Waals surface area contributed by atoms with Crippen LogP contribution in [0, 0.1) is 13.8 Å². The summed E-state index contributed by atoms with van der Waals surface area (Å²) >= 11 is 6.61. The van der Waals surface area contributed by atoms with Crippen molar-refractivity contribution >= 4 is 43.8 Å². The van der Waals surface area contributed by atoms with E-state index in [9.17, 15) is 19.8 Å². The lowest BCUT2D eigenvalue weighted by molar-refractivity contribution is 0.0684.